The lowest BCUT2D eigenvalue weighted by Crippen LogP contribution is -2.45. The number of hydrogen-bond acceptors (Lipinski definition) is 4. The molecule has 1 fully saturated rings. The largest absolute Gasteiger partial charge is 0.465 e. The molecule has 1 aromatic rings. The summed E-state index contributed by atoms with van der Waals surface area (Å²) in [6, 6.07) is 7.03. The zero-order valence-corrected chi connectivity index (χ0v) is 12.4. The molecule has 1 saturated heterocycles. The van der Waals surface area contributed by atoms with Crippen molar-refractivity contribution in [3.8, 4) is 0 Å². The van der Waals surface area contributed by atoms with Gasteiger partial charge >= 0.3 is 5.97 Å². The monoisotopic (exact) mass is 276 g/mol. The number of hydrogen-bond donors (Lipinski definition) is 0. The lowest BCUT2D eigenvalue weighted by Gasteiger charge is -2.42. The van der Waals surface area contributed by atoms with Crippen LogP contribution in [0.4, 0.5) is 0 Å². The Hall–Kier alpha value is -1.68. The Bertz CT molecular complexity index is 530. The van der Waals surface area contributed by atoms with E-state index in [1.807, 2.05) is 32.9 Å². The van der Waals surface area contributed by atoms with Gasteiger partial charge in [-0.25, -0.2) is 4.79 Å². The maximum Gasteiger partial charge on any atom is 0.337 e. The summed E-state index contributed by atoms with van der Waals surface area (Å²) in [6.07, 6.45) is 0.789. The molecule has 0 spiro atoms. The van der Waals surface area contributed by atoms with E-state index in [2.05, 4.69) is 4.74 Å². The molecule has 1 aliphatic heterocycles. The summed E-state index contributed by atoms with van der Waals surface area (Å²) in [6.45, 7) is 5.76. The van der Waals surface area contributed by atoms with Gasteiger partial charge in [-0.2, -0.15) is 0 Å². The normalized spacial score (nSPS) is 25.3. The summed E-state index contributed by atoms with van der Waals surface area (Å²) in [7, 11) is 1.35. The summed E-state index contributed by atoms with van der Waals surface area (Å²) in [5.74, 6) is -0.177. The fraction of sp³-hybridized carbons (Fsp3) is 0.500. The molecular weight excluding hydrogens is 256 g/mol. The summed E-state index contributed by atoms with van der Waals surface area (Å²) in [5.41, 5.74) is 0.269. The molecule has 0 saturated carbocycles. The highest BCUT2D eigenvalue weighted by molar-refractivity contribution is 5.89. The van der Waals surface area contributed by atoms with Crippen molar-refractivity contribution >= 4 is 11.8 Å². The number of esters is 1. The first-order valence-electron chi connectivity index (χ1n) is 6.66. The van der Waals surface area contributed by atoms with Crippen LogP contribution in [0.3, 0.4) is 0 Å². The van der Waals surface area contributed by atoms with Gasteiger partial charge in [-0.05, 0) is 38.5 Å². The van der Waals surface area contributed by atoms with Gasteiger partial charge in [0.1, 0.15) is 5.78 Å². The van der Waals surface area contributed by atoms with Gasteiger partial charge in [0, 0.05) is 12.8 Å². The van der Waals surface area contributed by atoms with Crippen LogP contribution in [0.1, 0.15) is 49.5 Å². The minimum Gasteiger partial charge on any atom is -0.465 e. The average Bonchev–Trinajstić information content (AvgIpc) is 2.35. The molecule has 2 rings (SSSR count). The molecule has 1 aromatic carbocycles. The zero-order chi connectivity index (χ0) is 15.0. The fourth-order valence-electron chi connectivity index (χ4n) is 2.83. The fourth-order valence-corrected chi connectivity index (χ4v) is 2.83. The SMILES string of the molecule is COC(=O)c1ccc([C@]2(C)CC(=O)CC(C)(C)O2)cc1. The van der Waals surface area contributed by atoms with Gasteiger partial charge in [-0.3, -0.25) is 4.79 Å². The molecule has 0 unspecified atom stereocenters. The molecule has 0 radical (unpaired) electrons. The van der Waals surface area contributed by atoms with E-state index in [0.717, 1.165) is 5.56 Å². The number of Topliss-reactive ketones (excluding diaryl/α,β-unsaturated/α-hetero) is 1. The summed E-state index contributed by atoms with van der Waals surface area (Å²) >= 11 is 0. The third kappa shape index (κ3) is 2.90. The van der Waals surface area contributed by atoms with E-state index in [1.165, 1.54) is 7.11 Å². The molecule has 1 atom stereocenters. The van der Waals surface area contributed by atoms with Gasteiger partial charge in [-0.15, -0.1) is 0 Å². The predicted molar refractivity (Wildman–Crippen MR) is 74.5 cm³/mol. The molecule has 0 aliphatic carbocycles. The first-order chi connectivity index (χ1) is 9.26. The molecule has 4 nitrogen and oxygen atoms in total. The number of ketones is 1. The van der Waals surface area contributed by atoms with Gasteiger partial charge in [0.2, 0.25) is 0 Å². The Morgan fingerprint density at radius 3 is 2.25 bits per heavy atom. The van der Waals surface area contributed by atoms with Gasteiger partial charge in [-0.1, -0.05) is 12.1 Å². The minimum atomic E-state index is -0.645. The maximum atomic E-state index is 11.9. The molecule has 0 amide bonds. The lowest BCUT2D eigenvalue weighted by atomic mass is 9.82. The summed E-state index contributed by atoms with van der Waals surface area (Å²) in [4.78, 5) is 23.4. The van der Waals surface area contributed by atoms with Crippen LogP contribution in [-0.2, 0) is 19.9 Å². The molecule has 4 heteroatoms. The summed E-state index contributed by atoms with van der Waals surface area (Å²) < 4.78 is 10.8. The third-order valence-corrected chi connectivity index (χ3v) is 3.58. The standard InChI is InChI=1S/C16H20O4/c1-15(2)9-13(17)10-16(3,20-15)12-7-5-11(6-8-12)14(18)19-4/h5-8H,9-10H2,1-4H3/t16-/m0/s1. The summed E-state index contributed by atoms with van der Waals surface area (Å²) in [5, 5.41) is 0. The first kappa shape index (κ1) is 14.7. The molecule has 0 bridgehead atoms. The van der Waals surface area contributed by atoms with Crippen LogP contribution in [0.25, 0.3) is 0 Å². The average molecular weight is 276 g/mol. The first-order valence-corrected chi connectivity index (χ1v) is 6.66. The number of benzene rings is 1. The van der Waals surface area contributed by atoms with E-state index in [0.29, 0.717) is 18.4 Å². The molecule has 0 N–H and O–H groups in total. The Morgan fingerprint density at radius 1 is 1.15 bits per heavy atom. The second kappa shape index (κ2) is 5.02. The van der Waals surface area contributed by atoms with Gasteiger partial charge < -0.3 is 9.47 Å². The number of rotatable bonds is 2. The van der Waals surface area contributed by atoms with Gasteiger partial charge in [0.05, 0.1) is 23.9 Å². The van der Waals surface area contributed by atoms with Crippen LogP contribution in [0, 0.1) is 0 Å². The van der Waals surface area contributed by atoms with Crippen molar-refractivity contribution in [3.63, 3.8) is 0 Å². The van der Waals surface area contributed by atoms with Crippen LogP contribution in [0.5, 0.6) is 0 Å². The van der Waals surface area contributed by atoms with Crippen LogP contribution in [-0.4, -0.2) is 24.5 Å². The third-order valence-electron chi connectivity index (χ3n) is 3.58. The van der Waals surface area contributed by atoms with Gasteiger partial charge in [0.25, 0.3) is 0 Å². The quantitative estimate of drug-likeness (QED) is 0.779. The predicted octanol–water partition coefficient (Wildman–Crippen LogP) is 2.85. The van der Waals surface area contributed by atoms with E-state index in [4.69, 9.17) is 4.74 Å². The number of methoxy groups -OCH3 is 1. The molecule has 108 valence electrons. The smallest absolute Gasteiger partial charge is 0.337 e. The van der Waals surface area contributed by atoms with Crippen molar-refractivity contribution in [2.24, 2.45) is 0 Å². The van der Waals surface area contributed by atoms with Crippen LogP contribution >= 0.6 is 0 Å². The van der Waals surface area contributed by atoms with Crippen LogP contribution < -0.4 is 0 Å². The maximum absolute atomic E-state index is 11.9. The second-order valence-electron chi connectivity index (χ2n) is 6.05. The number of carbonyl (C=O) groups is 2. The minimum absolute atomic E-state index is 0.195. The van der Waals surface area contributed by atoms with Crippen LogP contribution in [0.15, 0.2) is 24.3 Å². The number of carbonyl (C=O) groups excluding carboxylic acids is 2. The molecule has 0 aromatic heterocycles. The van der Waals surface area contributed by atoms with Gasteiger partial charge in [0.15, 0.2) is 0 Å². The molecule has 1 heterocycles. The van der Waals surface area contributed by atoms with E-state index >= 15 is 0 Å². The van der Waals surface area contributed by atoms with Crippen molar-refractivity contribution in [1.82, 2.24) is 0 Å². The Labute approximate surface area is 119 Å². The van der Waals surface area contributed by atoms with E-state index in [-0.39, 0.29) is 11.8 Å². The van der Waals surface area contributed by atoms with Crippen LogP contribution in [0.2, 0.25) is 0 Å². The lowest BCUT2D eigenvalue weighted by molar-refractivity contribution is -0.178. The van der Waals surface area contributed by atoms with Crippen molar-refractivity contribution < 1.29 is 19.1 Å². The van der Waals surface area contributed by atoms with Crippen molar-refractivity contribution in [2.75, 3.05) is 7.11 Å². The number of ether oxygens (including phenoxy) is 2. The second-order valence-corrected chi connectivity index (χ2v) is 6.05. The Balaban J connectivity index is 2.30. The van der Waals surface area contributed by atoms with Crippen molar-refractivity contribution in [1.29, 1.82) is 0 Å². The van der Waals surface area contributed by atoms with E-state index in [1.54, 1.807) is 12.1 Å². The highest BCUT2D eigenvalue weighted by Gasteiger charge is 2.42. The molecular formula is C16H20O4. The molecule has 1 aliphatic rings. The van der Waals surface area contributed by atoms with Crippen molar-refractivity contribution in [2.45, 2.75) is 44.8 Å². The highest BCUT2D eigenvalue weighted by atomic mass is 16.5. The van der Waals surface area contributed by atoms with Crippen molar-refractivity contribution in [3.05, 3.63) is 35.4 Å². The zero-order valence-electron chi connectivity index (χ0n) is 12.4. The van der Waals surface area contributed by atoms with E-state index in [9.17, 15) is 9.59 Å². The molecule has 20 heavy (non-hydrogen) atoms. The topological polar surface area (TPSA) is 52.6 Å². The Kier molecular flexibility index (Phi) is 3.69. The van der Waals surface area contributed by atoms with E-state index < -0.39 is 11.2 Å². The Morgan fingerprint density at radius 2 is 1.75 bits per heavy atom. The highest BCUT2D eigenvalue weighted by Crippen LogP contribution is 2.40.